The van der Waals surface area contributed by atoms with Gasteiger partial charge in [0, 0.05) is 12.8 Å². The van der Waals surface area contributed by atoms with Gasteiger partial charge in [0.25, 0.3) is 0 Å². The number of anilines is 1. The Morgan fingerprint density at radius 3 is 3.12 bits per heavy atom. The van der Waals surface area contributed by atoms with E-state index in [-0.39, 0.29) is 6.04 Å². The summed E-state index contributed by atoms with van der Waals surface area (Å²) in [5.41, 5.74) is 7.52. The monoisotopic (exact) mass is 220 g/mol. The van der Waals surface area contributed by atoms with E-state index in [0.29, 0.717) is 19.2 Å². The number of hydrogen-bond donors (Lipinski definition) is 1. The van der Waals surface area contributed by atoms with E-state index >= 15 is 0 Å². The molecule has 0 aliphatic heterocycles. The first-order valence-corrected chi connectivity index (χ1v) is 5.40. The van der Waals surface area contributed by atoms with Crippen LogP contribution in [0.25, 0.3) is 11.2 Å². The third-order valence-corrected chi connectivity index (χ3v) is 2.48. The molecule has 0 aromatic carbocycles. The van der Waals surface area contributed by atoms with Gasteiger partial charge in [-0.2, -0.15) is 0 Å². The fraction of sp³-hybridized carbons (Fsp3) is 0.455. The van der Waals surface area contributed by atoms with Gasteiger partial charge in [-0.15, -0.1) is 0 Å². The van der Waals surface area contributed by atoms with Crippen molar-refractivity contribution in [3.05, 3.63) is 18.3 Å². The van der Waals surface area contributed by atoms with Crippen molar-refractivity contribution >= 4 is 17.1 Å². The van der Waals surface area contributed by atoms with Gasteiger partial charge in [-0.05, 0) is 26.0 Å². The zero-order valence-corrected chi connectivity index (χ0v) is 9.55. The van der Waals surface area contributed by atoms with Gasteiger partial charge < -0.3 is 10.5 Å². The number of nitrogens with two attached hydrogens (primary N) is 1. The molecule has 0 saturated carbocycles. The molecule has 0 amide bonds. The van der Waals surface area contributed by atoms with Crippen molar-refractivity contribution in [3.8, 4) is 0 Å². The molecule has 1 atom stereocenters. The molecule has 0 saturated heterocycles. The summed E-state index contributed by atoms with van der Waals surface area (Å²) in [6, 6.07) is 3.90. The largest absolute Gasteiger partial charge is 0.380 e. The molecule has 2 N–H and O–H groups in total. The van der Waals surface area contributed by atoms with Crippen LogP contribution in [-0.4, -0.2) is 27.7 Å². The number of hydrogen-bond acceptors (Lipinski definition) is 4. The van der Waals surface area contributed by atoms with Crippen LogP contribution in [-0.2, 0) is 4.74 Å². The Bertz CT molecular complexity index is 480. The second-order valence-corrected chi connectivity index (χ2v) is 3.69. The zero-order valence-electron chi connectivity index (χ0n) is 9.55. The van der Waals surface area contributed by atoms with Crippen LogP contribution in [0.1, 0.15) is 19.9 Å². The first-order valence-electron chi connectivity index (χ1n) is 5.40. The maximum atomic E-state index is 5.88. The first-order chi connectivity index (χ1) is 7.74. The van der Waals surface area contributed by atoms with E-state index in [9.17, 15) is 0 Å². The summed E-state index contributed by atoms with van der Waals surface area (Å²) in [6.45, 7) is 5.33. The average molecular weight is 220 g/mol. The van der Waals surface area contributed by atoms with Gasteiger partial charge in [0.05, 0.1) is 12.6 Å². The second-order valence-electron chi connectivity index (χ2n) is 3.69. The molecule has 0 spiro atoms. The summed E-state index contributed by atoms with van der Waals surface area (Å²) in [5.74, 6) is 0.487. The molecule has 2 aromatic rings. The van der Waals surface area contributed by atoms with Crippen molar-refractivity contribution in [2.75, 3.05) is 18.9 Å². The lowest BCUT2D eigenvalue weighted by molar-refractivity contribution is 0.120. The van der Waals surface area contributed by atoms with Crippen LogP contribution in [0.15, 0.2) is 18.3 Å². The highest BCUT2D eigenvalue weighted by atomic mass is 16.5. The van der Waals surface area contributed by atoms with Crippen molar-refractivity contribution < 1.29 is 4.74 Å². The SMILES string of the molecule is CCOCC(C)n1c(N)nc2cccnc21. The van der Waals surface area contributed by atoms with Crippen LogP contribution >= 0.6 is 0 Å². The molecule has 2 aromatic heterocycles. The van der Waals surface area contributed by atoms with E-state index in [1.54, 1.807) is 6.20 Å². The lowest BCUT2D eigenvalue weighted by atomic mass is 10.3. The summed E-state index contributed by atoms with van der Waals surface area (Å²) < 4.78 is 7.30. The Hall–Kier alpha value is -1.62. The van der Waals surface area contributed by atoms with Gasteiger partial charge in [0.1, 0.15) is 5.52 Å². The predicted octanol–water partition coefficient (Wildman–Crippen LogP) is 1.61. The number of pyridine rings is 1. The molecule has 0 fully saturated rings. The Labute approximate surface area is 94.2 Å². The molecular weight excluding hydrogens is 204 g/mol. The van der Waals surface area contributed by atoms with Crippen LogP contribution in [0.5, 0.6) is 0 Å². The van der Waals surface area contributed by atoms with Gasteiger partial charge in [0.2, 0.25) is 5.95 Å². The van der Waals surface area contributed by atoms with E-state index in [1.807, 2.05) is 30.5 Å². The molecule has 0 bridgehead atoms. The maximum Gasteiger partial charge on any atom is 0.202 e. The molecule has 0 aliphatic rings. The number of imidazole rings is 1. The van der Waals surface area contributed by atoms with E-state index in [4.69, 9.17) is 10.5 Å². The number of rotatable bonds is 4. The molecular formula is C11H16N4O. The van der Waals surface area contributed by atoms with Crippen molar-refractivity contribution in [1.82, 2.24) is 14.5 Å². The summed E-state index contributed by atoms with van der Waals surface area (Å²) in [6.07, 6.45) is 1.74. The second kappa shape index (κ2) is 4.49. The molecule has 0 aliphatic carbocycles. The predicted molar refractivity (Wildman–Crippen MR) is 63.1 cm³/mol. The molecule has 2 rings (SSSR count). The number of nitrogens with zero attached hydrogens (tertiary/aromatic N) is 3. The normalized spacial score (nSPS) is 13.1. The van der Waals surface area contributed by atoms with Crippen molar-refractivity contribution in [1.29, 1.82) is 0 Å². The summed E-state index contributed by atoms with van der Waals surface area (Å²) in [7, 11) is 0. The van der Waals surface area contributed by atoms with Gasteiger partial charge in [0.15, 0.2) is 5.65 Å². The molecule has 16 heavy (non-hydrogen) atoms. The smallest absolute Gasteiger partial charge is 0.202 e. The van der Waals surface area contributed by atoms with Crippen LogP contribution < -0.4 is 5.73 Å². The minimum Gasteiger partial charge on any atom is -0.380 e. The zero-order chi connectivity index (χ0) is 11.5. The topological polar surface area (TPSA) is 66.0 Å². The molecule has 1 unspecified atom stereocenters. The highest BCUT2D eigenvalue weighted by molar-refractivity contribution is 5.73. The van der Waals surface area contributed by atoms with Crippen LogP contribution in [0, 0.1) is 0 Å². The van der Waals surface area contributed by atoms with E-state index in [1.165, 1.54) is 0 Å². The van der Waals surface area contributed by atoms with Crippen molar-refractivity contribution in [2.24, 2.45) is 0 Å². The Balaban J connectivity index is 2.38. The number of aromatic nitrogens is 3. The molecule has 5 heteroatoms. The van der Waals surface area contributed by atoms with Gasteiger partial charge in [-0.3, -0.25) is 4.57 Å². The standard InChI is InChI=1S/C11H16N4O/c1-3-16-7-8(2)15-10-9(14-11(15)12)5-4-6-13-10/h4-6,8H,3,7H2,1-2H3,(H2,12,14). The van der Waals surface area contributed by atoms with E-state index in [0.717, 1.165) is 11.2 Å². The van der Waals surface area contributed by atoms with Crippen LogP contribution in [0.2, 0.25) is 0 Å². The maximum absolute atomic E-state index is 5.88. The summed E-state index contributed by atoms with van der Waals surface area (Å²) >= 11 is 0. The average Bonchev–Trinajstić information content (AvgIpc) is 2.62. The highest BCUT2D eigenvalue weighted by Crippen LogP contribution is 2.20. The molecule has 2 heterocycles. The van der Waals surface area contributed by atoms with Gasteiger partial charge >= 0.3 is 0 Å². The van der Waals surface area contributed by atoms with E-state index in [2.05, 4.69) is 9.97 Å². The van der Waals surface area contributed by atoms with Crippen LogP contribution in [0.3, 0.4) is 0 Å². The lowest BCUT2D eigenvalue weighted by Gasteiger charge is -2.14. The summed E-state index contributed by atoms with van der Waals surface area (Å²) in [4.78, 5) is 8.56. The quantitative estimate of drug-likeness (QED) is 0.850. The fourth-order valence-corrected chi connectivity index (χ4v) is 1.74. The van der Waals surface area contributed by atoms with E-state index < -0.39 is 0 Å². The Morgan fingerprint density at radius 1 is 1.56 bits per heavy atom. The van der Waals surface area contributed by atoms with Gasteiger partial charge in [-0.25, -0.2) is 9.97 Å². The Kier molecular flexibility index (Phi) is 3.05. The third kappa shape index (κ3) is 1.86. The van der Waals surface area contributed by atoms with Crippen molar-refractivity contribution in [2.45, 2.75) is 19.9 Å². The molecule has 5 nitrogen and oxygen atoms in total. The highest BCUT2D eigenvalue weighted by Gasteiger charge is 2.14. The van der Waals surface area contributed by atoms with Gasteiger partial charge in [-0.1, -0.05) is 0 Å². The Morgan fingerprint density at radius 2 is 2.38 bits per heavy atom. The number of nitrogen functional groups attached to an aromatic ring is 1. The van der Waals surface area contributed by atoms with Crippen molar-refractivity contribution in [3.63, 3.8) is 0 Å². The summed E-state index contributed by atoms with van der Waals surface area (Å²) in [5, 5.41) is 0. The number of fused-ring (bicyclic) bond motifs is 1. The fourth-order valence-electron chi connectivity index (χ4n) is 1.74. The first kappa shape index (κ1) is 10.9. The molecule has 0 radical (unpaired) electrons. The third-order valence-electron chi connectivity index (χ3n) is 2.48. The minimum absolute atomic E-state index is 0.139. The minimum atomic E-state index is 0.139. The lowest BCUT2D eigenvalue weighted by Crippen LogP contribution is -2.14. The number of ether oxygens (including phenoxy) is 1. The molecule has 86 valence electrons. The van der Waals surface area contributed by atoms with Crippen LogP contribution in [0.4, 0.5) is 5.95 Å².